The maximum absolute atomic E-state index is 4.79. The van der Waals surface area contributed by atoms with Crippen LogP contribution < -0.4 is 0 Å². The molecule has 5 aromatic rings. The lowest BCUT2D eigenvalue weighted by molar-refractivity contribution is 0.795. The molecule has 5 heteroatoms. The van der Waals surface area contributed by atoms with Crippen molar-refractivity contribution in [1.82, 2.24) is 15.0 Å². The largest absolute Gasteiger partial charge is 0.342 e. The molecule has 1 aliphatic rings. The van der Waals surface area contributed by atoms with E-state index in [1.165, 1.54) is 43.1 Å². The van der Waals surface area contributed by atoms with Gasteiger partial charge in [0.15, 0.2) is 0 Å². The number of aromatic nitrogens is 3. The van der Waals surface area contributed by atoms with Gasteiger partial charge in [-0.15, -0.1) is 11.3 Å². The fraction of sp³-hybridized carbons (Fsp3) is 0.250. The molecule has 0 fully saturated rings. The van der Waals surface area contributed by atoms with Crippen molar-refractivity contribution in [2.24, 2.45) is 10.9 Å². The number of aliphatic imine (C=N–C) groups is 1. The highest BCUT2D eigenvalue weighted by atomic mass is 32.1. The SMILES string of the molecule is CC(C)C1=NC=C(c2ccc3c4ccc(-c5cnc(C(C)C)[nH]5)cc4c4scnc4c3c2)C1. The van der Waals surface area contributed by atoms with Crippen LogP contribution in [-0.4, -0.2) is 20.7 Å². The number of allylic oxidation sites excluding steroid dienone is 1. The third-order valence-corrected chi connectivity index (χ3v) is 7.50. The molecule has 0 bridgehead atoms. The van der Waals surface area contributed by atoms with Gasteiger partial charge in [-0.05, 0) is 40.0 Å². The number of thiazole rings is 1. The van der Waals surface area contributed by atoms with Gasteiger partial charge in [0.1, 0.15) is 5.82 Å². The molecule has 1 N–H and O–H groups in total. The highest BCUT2D eigenvalue weighted by molar-refractivity contribution is 7.18. The molecule has 33 heavy (non-hydrogen) atoms. The molecule has 3 aromatic carbocycles. The maximum Gasteiger partial charge on any atom is 0.109 e. The second-order valence-electron chi connectivity index (χ2n) is 9.49. The van der Waals surface area contributed by atoms with Gasteiger partial charge in [0.05, 0.1) is 27.6 Å². The number of H-pyrrole nitrogens is 1. The minimum absolute atomic E-state index is 0.377. The average molecular weight is 451 g/mol. The average Bonchev–Trinajstić information content (AvgIpc) is 3.59. The predicted octanol–water partition coefficient (Wildman–Crippen LogP) is 7.96. The first-order chi connectivity index (χ1) is 16.0. The normalized spacial score (nSPS) is 14.2. The number of hydrogen-bond donors (Lipinski definition) is 1. The van der Waals surface area contributed by atoms with Crippen LogP contribution in [0.1, 0.15) is 51.4 Å². The van der Waals surface area contributed by atoms with Gasteiger partial charge in [0.2, 0.25) is 0 Å². The van der Waals surface area contributed by atoms with Gasteiger partial charge in [-0.3, -0.25) is 4.99 Å². The molecule has 4 nitrogen and oxygen atoms in total. The van der Waals surface area contributed by atoms with E-state index in [1.54, 1.807) is 11.3 Å². The highest BCUT2D eigenvalue weighted by Gasteiger charge is 2.18. The standard InChI is InChI=1S/C28H26N4S/c1-15(2)24-11-19(12-29-24)17-5-7-20-21-8-6-18(25-13-30-28(32-25)16(3)4)10-23(21)27-26(22(20)9-17)31-14-33-27/h5-10,12-16H,11H2,1-4H3,(H,30,32). The molecule has 0 spiro atoms. The van der Waals surface area contributed by atoms with E-state index in [2.05, 4.69) is 79.1 Å². The Kier molecular flexibility index (Phi) is 4.70. The predicted molar refractivity (Wildman–Crippen MR) is 141 cm³/mol. The summed E-state index contributed by atoms with van der Waals surface area (Å²) in [4.78, 5) is 17.5. The Bertz CT molecular complexity index is 1600. The number of fused-ring (bicyclic) bond motifs is 6. The number of hydrogen-bond acceptors (Lipinski definition) is 4. The van der Waals surface area contributed by atoms with E-state index in [0.29, 0.717) is 11.8 Å². The first-order valence-corrected chi connectivity index (χ1v) is 12.4. The van der Waals surface area contributed by atoms with Crippen molar-refractivity contribution in [3.05, 3.63) is 65.7 Å². The third kappa shape index (κ3) is 3.30. The summed E-state index contributed by atoms with van der Waals surface area (Å²) >= 11 is 1.71. The summed E-state index contributed by atoms with van der Waals surface area (Å²) in [7, 11) is 0. The Balaban J connectivity index is 1.51. The van der Waals surface area contributed by atoms with Crippen LogP contribution in [0.15, 0.2) is 59.3 Å². The second kappa shape index (κ2) is 7.63. The van der Waals surface area contributed by atoms with Crippen LogP contribution in [0.2, 0.25) is 0 Å². The van der Waals surface area contributed by atoms with E-state index in [1.807, 2.05) is 17.9 Å². The summed E-state index contributed by atoms with van der Waals surface area (Å²) in [6.45, 7) is 8.73. The quantitative estimate of drug-likeness (QED) is 0.282. The van der Waals surface area contributed by atoms with Gasteiger partial charge < -0.3 is 4.98 Å². The Morgan fingerprint density at radius 3 is 2.33 bits per heavy atom. The zero-order valence-electron chi connectivity index (χ0n) is 19.3. The third-order valence-electron chi connectivity index (χ3n) is 6.64. The number of aromatic amines is 1. The summed E-state index contributed by atoms with van der Waals surface area (Å²) in [5.41, 5.74) is 9.05. The molecule has 0 radical (unpaired) electrons. The molecule has 0 saturated heterocycles. The number of nitrogens with zero attached hydrogens (tertiary/aromatic N) is 3. The fourth-order valence-electron chi connectivity index (χ4n) is 4.69. The lowest BCUT2D eigenvalue weighted by Crippen LogP contribution is -2.04. The highest BCUT2D eigenvalue weighted by Crippen LogP contribution is 2.40. The van der Waals surface area contributed by atoms with E-state index in [4.69, 9.17) is 4.98 Å². The zero-order chi connectivity index (χ0) is 22.7. The Labute approximate surface area is 197 Å². The maximum atomic E-state index is 4.79. The van der Waals surface area contributed by atoms with Crippen LogP contribution in [0.4, 0.5) is 0 Å². The molecule has 1 aliphatic heterocycles. The summed E-state index contributed by atoms with van der Waals surface area (Å²) in [6, 6.07) is 13.5. The topological polar surface area (TPSA) is 53.9 Å². The molecule has 0 unspecified atom stereocenters. The first kappa shape index (κ1) is 20.3. The van der Waals surface area contributed by atoms with Crippen molar-refractivity contribution in [3.8, 4) is 11.3 Å². The molecule has 164 valence electrons. The van der Waals surface area contributed by atoms with Crippen LogP contribution in [-0.2, 0) is 0 Å². The van der Waals surface area contributed by atoms with Gasteiger partial charge in [0.25, 0.3) is 0 Å². The molecule has 0 saturated carbocycles. The van der Waals surface area contributed by atoms with Crippen molar-refractivity contribution in [2.45, 2.75) is 40.0 Å². The van der Waals surface area contributed by atoms with Gasteiger partial charge in [-0.2, -0.15) is 0 Å². The Hall–Kier alpha value is -3.31. The van der Waals surface area contributed by atoms with Crippen LogP contribution in [0.3, 0.4) is 0 Å². The van der Waals surface area contributed by atoms with Crippen molar-refractivity contribution >= 4 is 54.4 Å². The van der Waals surface area contributed by atoms with Crippen LogP contribution in [0, 0.1) is 5.92 Å². The molecule has 3 heterocycles. The molecule has 0 atom stereocenters. The van der Waals surface area contributed by atoms with Gasteiger partial charge in [-0.25, -0.2) is 9.97 Å². The van der Waals surface area contributed by atoms with E-state index in [9.17, 15) is 0 Å². The number of rotatable bonds is 4. The van der Waals surface area contributed by atoms with Gasteiger partial charge in [-0.1, -0.05) is 52.0 Å². The Morgan fingerprint density at radius 2 is 1.61 bits per heavy atom. The number of benzene rings is 3. The monoisotopic (exact) mass is 450 g/mol. The fourth-order valence-corrected chi connectivity index (χ4v) is 5.53. The minimum Gasteiger partial charge on any atom is -0.342 e. The minimum atomic E-state index is 0.377. The van der Waals surface area contributed by atoms with Crippen molar-refractivity contribution in [3.63, 3.8) is 0 Å². The molecule has 0 amide bonds. The van der Waals surface area contributed by atoms with E-state index >= 15 is 0 Å². The molecule has 0 aliphatic carbocycles. The molecule has 2 aromatic heterocycles. The molecular formula is C28H26N4S. The van der Waals surface area contributed by atoms with Gasteiger partial charge >= 0.3 is 0 Å². The smallest absolute Gasteiger partial charge is 0.109 e. The molecular weight excluding hydrogens is 424 g/mol. The van der Waals surface area contributed by atoms with Crippen molar-refractivity contribution in [1.29, 1.82) is 0 Å². The van der Waals surface area contributed by atoms with Crippen molar-refractivity contribution < 1.29 is 0 Å². The lowest BCUT2D eigenvalue weighted by Gasteiger charge is -2.11. The van der Waals surface area contributed by atoms with Gasteiger partial charge in [0, 0.05) is 40.6 Å². The van der Waals surface area contributed by atoms with Crippen LogP contribution in [0.5, 0.6) is 0 Å². The lowest BCUT2D eigenvalue weighted by atomic mass is 9.93. The van der Waals surface area contributed by atoms with E-state index < -0.39 is 0 Å². The summed E-state index contributed by atoms with van der Waals surface area (Å²) in [6.07, 6.45) is 4.91. The summed E-state index contributed by atoms with van der Waals surface area (Å²) in [5.74, 6) is 1.88. The van der Waals surface area contributed by atoms with E-state index in [-0.39, 0.29) is 0 Å². The number of nitrogens with one attached hydrogen (secondary N) is 1. The summed E-state index contributed by atoms with van der Waals surface area (Å²) in [5, 5.41) is 4.97. The summed E-state index contributed by atoms with van der Waals surface area (Å²) < 4.78 is 1.24. The van der Waals surface area contributed by atoms with Crippen LogP contribution in [0.25, 0.3) is 48.6 Å². The number of imidazole rings is 1. The first-order valence-electron chi connectivity index (χ1n) is 11.5. The molecule has 6 rings (SSSR count). The van der Waals surface area contributed by atoms with E-state index in [0.717, 1.165) is 29.0 Å². The second-order valence-corrected chi connectivity index (χ2v) is 10.3. The van der Waals surface area contributed by atoms with Crippen LogP contribution >= 0.6 is 11.3 Å². The van der Waals surface area contributed by atoms with Crippen molar-refractivity contribution in [2.75, 3.05) is 0 Å². The Morgan fingerprint density at radius 1 is 0.848 bits per heavy atom. The zero-order valence-corrected chi connectivity index (χ0v) is 20.1.